The molecule has 1 aromatic heterocycles. The normalized spacial score (nSPS) is 12.1. The van der Waals surface area contributed by atoms with Gasteiger partial charge in [0.25, 0.3) is 0 Å². The number of benzene rings is 1. The highest BCUT2D eigenvalue weighted by atomic mass is 16.5. The molecule has 0 radical (unpaired) electrons. The van der Waals surface area contributed by atoms with Crippen LogP contribution in [0.25, 0.3) is 11.0 Å². The van der Waals surface area contributed by atoms with Crippen molar-refractivity contribution in [1.82, 2.24) is 9.55 Å². The van der Waals surface area contributed by atoms with Crippen molar-refractivity contribution in [2.45, 2.75) is 13.0 Å². The van der Waals surface area contributed by atoms with E-state index < -0.39 is 29.1 Å². The number of aromatic nitrogens is 2. The summed E-state index contributed by atoms with van der Waals surface area (Å²) in [5.74, 6) is -2.04. The molecular weight excluding hydrogens is 280 g/mol. The number of hydrogen-bond donors (Lipinski definition) is 2. The Kier molecular flexibility index (Phi) is 3.62. The molecule has 0 aliphatic rings. The number of carboxylic acid groups (broad SMARTS) is 1. The van der Waals surface area contributed by atoms with Gasteiger partial charge in [-0.3, -0.25) is 14.2 Å². The third-order valence-corrected chi connectivity index (χ3v) is 3.10. The second-order valence-electron chi connectivity index (χ2n) is 4.34. The predicted octanol–water partition coefficient (Wildman–Crippen LogP) is 0.122. The molecule has 8 nitrogen and oxygen atoms in total. The third kappa shape index (κ3) is 2.31. The fraction of sp³-hybridized carbons (Fsp3) is 0.231. The number of aromatic carboxylic acids is 1. The Morgan fingerprint density at radius 1 is 1.33 bits per heavy atom. The topological polar surface area (TPSA) is 118 Å². The van der Waals surface area contributed by atoms with E-state index in [-0.39, 0.29) is 16.6 Å². The Hall–Kier alpha value is -2.90. The van der Waals surface area contributed by atoms with E-state index in [9.17, 15) is 24.3 Å². The van der Waals surface area contributed by atoms with Crippen molar-refractivity contribution in [1.29, 1.82) is 0 Å². The standard InChI is InChI=1S/C13H12N2O6/c1-6(13(20)21-2)15-9-7(12(18)19)4-3-5-8(9)14-10(16)11(15)17/h3-6H,1-2H3,(H,14,16)(H,18,19). The smallest absolute Gasteiger partial charge is 0.337 e. The zero-order chi connectivity index (χ0) is 15.7. The molecule has 1 aromatic carbocycles. The van der Waals surface area contributed by atoms with Crippen molar-refractivity contribution in [3.63, 3.8) is 0 Å². The molecular formula is C13H12N2O6. The van der Waals surface area contributed by atoms with Gasteiger partial charge in [0, 0.05) is 0 Å². The lowest BCUT2D eigenvalue weighted by Crippen LogP contribution is -2.40. The second-order valence-corrected chi connectivity index (χ2v) is 4.34. The number of nitrogens with zero attached hydrogens (tertiary/aromatic N) is 1. The van der Waals surface area contributed by atoms with Crippen LogP contribution in [0.5, 0.6) is 0 Å². The lowest BCUT2D eigenvalue weighted by molar-refractivity contribution is -0.144. The molecule has 1 heterocycles. The molecule has 0 bridgehead atoms. The summed E-state index contributed by atoms with van der Waals surface area (Å²) in [6, 6.07) is 3.03. The maximum Gasteiger partial charge on any atom is 0.337 e. The van der Waals surface area contributed by atoms with E-state index in [0.29, 0.717) is 0 Å². The van der Waals surface area contributed by atoms with Gasteiger partial charge in [-0.05, 0) is 19.1 Å². The largest absolute Gasteiger partial charge is 0.478 e. The number of carbonyl (C=O) groups excluding carboxylic acids is 1. The Bertz CT molecular complexity index is 848. The number of H-pyrrole nitrogens is 1. The molecule has 0 saturated heterocycles. The summed E-state index contributed by atoms with van der Waals surface area (Å²) in [5, 5.41) is 9.22. The Balaban J connectivity index is 2.99. The van der Waals surface area contributed by atoms with E-state index >= 15 is 0 Å². The quantitative estimate of drug-likeness (QED) is 0.612. The van der Waals surface area contributed by atoms with Crippen LogP contribution in [0.15, 0.2) is 27.8 Å². The van der Waals surface area contributed by atoms with Gasteiger partial charge in [0.15, 0.2) is 0 Å². The molecule has 1 unspecified atom stereocenters. The molecule has 110 valence electrons. The lowest BCUT2D eigenvalue weighted by Gasteiger charge is -2.16. The first-order chi connectivity index (χ1) is 9.88. The van der Waals surface area contributed by atoms with Gasteiger partial charge in [-0.15, -0.1) is 0 Å². The summed E-state index contributed by atoms with van der Waals surface area (Å²) in [6.07, 6.45) is 0. The summed E-state index contributed by atoms with van der Waals surface area (Å²) in [7, 11) is 1.14. The zero-order valence-electron chi connectivity index (χ0n) is 11.2. The molecule has 2 rings (SSSR count). The molecule has 2 aromatic rings. The van der Waals surface area contributed by atoms with Gasteiger partial charge in [0.05, 0.1) is 23.7 Å². The Labute approximate surface area is 117 Å². The van der Waals surface area contributed by atoms with E-state index in [2.05, 4.69) is 9.72 Å². The minimum absolute atomic E-state index is 0.0347. The molecule has 8 heteroatoms. The Morgan fingerprint density at radius 2 is 2.00 bits per heavy atom. The van der Waals surface area contributed by atoms with Gasteiger partial charge in [-0.25, -0.2) is 9.59 Å². The van der Waals surface area contributed by atoms with Crippen LogP contribution >= 0.6 is 0 Å². The monoisotopic (exact) mass is 292 g/mol. The molecule has 1 atom stereocenters. The maximum atomic E-state index is 12.0. The summed E-state index contributed by atoms with van der Waals surface area (Å²) < 4.78 is 5.39. The van der Waals surface area contributed by atoms with Gasteiger partial charge in [0.2, 0.25) is 0 Å². The number of para-hydroxylation sites is 1. The van der Waals surface area contributed by atoms with Crippen LogP contribution in [0.1, 0.15) is 23.3 Å². The number of ether oxygens (including phenoxy) is 1. The number of methoxy groups -OCH3 is 1. The van der Waals surface area contributed by atoms with E-state index in [0.717, 1.165) is 11.7 Å². The summed E-state index contributed by atoms with van der Waals surface area (Å²) >= 11 is 0. The fourth-order valence-corrected chi connectivity index (χ4v) is 2.11. The van der Waals surface area contributed by atoms with Gasteiger partial charge in [-0.1, -0.05) is 6.07 Å². The molecule has 2 N–H and O–H groups in total. The molecule has 0 saturated carbocycles. The minimum atomic E-state index is -1.28. The summed E-state index contributed by atoms with van der Waals surface area (Å²) in [5.41, 5.74) is -2.05. The van der Waals surface area contributed by atoms with Crippen LogP contribution in [0.2, 0.25) is 0 Å². The van der Waals surface area contributed by atoms with E-state index in [1.807, 2.05) is 0 Å². The first-order valence-electron chi connectivity index (χ1n) is 5.97. The highest BCUT2D eigenvalue weighted by Gasteiger charge is 2.23. The first-order valence-corrected chi connectivity index (χ1v) is 5.97. The van der Waals surface area contributed by atoms with Crippen molar-refractivity contribution in [3.05, 3.63) is 44.5 Å². The molecule has 0 spiro atoms. The SMILES string of the molecule is COC(=O)C(C)n1c(=O)c(=O)[nH]c2cccc(C(=O)O)c21. The molecule has 0 aliphatic heterocycles. The van der Waals surface area contributed by atoms with E-state index in [1.54, 1.807) is 0 Å². The average molecular weight is 292 g/mol. The van der Waals surface area contributed by atoms with Crippen molar-refractivity contribution in [2.24, 2.45) is 0 Å². The van der Waals surface area contributed by atoms with Gasteiger partial charge < -0.3 is 14.8 Å². The number of rotatable bonds is 3. The number of esters is 1. The number of aromatic amines is 1. The number of hydrogen-bond acceptors (Lipinski definition) is 5. The average Bonchev–Trinajstić information content (AvgIpc) is 2.46. The minimum Gasteiger partial charge on any atom is -0.478 e. The molecule has 0 amide bonds. The highest BCUT2D eigenvalue weighted by molar-refractivity contribution is 6.01. The number of fused-ring (bicyclic) bond motifs is 1. The van der Waals surface area contributed by atoms with Crippen LogP contribution in [-0.4, -0.2) is 33.7 Å². The first kappa shape index (κ1) is 14.5. The fourth-order valence-electron chi connectivity index (χ4n) is 2.11. The van der Waals surface area contributed by atoms with E-state index in [1.165, 1.54) is 25.1 Å². The van der Waals surface area contributed by atoms with Crippen LogP contribution in [0, 0.1) is 0 Å². The van der Waals surface area contributed by atoms with Crippen LogP contribution < -0.4 is 11.1 Å². The Morgan fingerprint density at radius 3 is 2.57 bits per heavy atom. The summed E-state index contributed by atoms with van der Waals surface area (Å²) in [6.45, 7) is 1.35. The summed E-state index contributed by atoms with van der Waals surface area (Å²) in [4.78, 5) is 49.0. The van der Waals surface area contributed by atoms with Crippen LogP contribution in [0.4, 0.5) is 0 Å². The second kappa shape index (κ2) is 5.23. The van der Waals surface area contributed by atoms with Crippen molar-refractivity contribution < 1.29 is 19.4 Å². The van der Waals surface area contributed by atoms with Gasteiger partial charge in [-0.2, -0.15) is 0 Å². The van der Waals surface area contributed by atoms with Gasteiger partial charge >= 0.3 is 23.1 Å². The predicted molar refractivity (Wildman–Crippen MR) is 72.5 cm³/mol. The van der Waals surface area contributed by atoms with Crippen LogP contribution in [0.3, 0.4) is 0 Å². The van der Waals surface area contributed by atoms with Crippen molar-refractivity contribution in [3.8, 4) is 0 Å². The number of nitrogens with one attached hydrogen (secondary N) is 1. The number of carboxylic acids is 1. The van der Waals surface area contributed by atoms with E-state index in [4.69, 9.17) is 0 Å². The van der Waals surface area contributed by atoms with Crippen LogP contribution in [-0.2, 0) is 9.53 Å². The third-order valence-electron chi connectivity index (χ3n) is 3.10. The van der Waals surface area contributed by atoms with Crippen molar-refractivity contribution in [2.75, 3.05) is 7.11 Å². The number of carbonyl (C=O) groups is 2. The zero-order valence-corrected chi connectivity index (χ0v) is 11.2. The highest BCUT2D eigenvalue weighted by Crippen LogP contribution is 2.18. The van der Waals surface area contributed by atoms with Gasteiger partial charge in [0.1, 0.15) is 6.04 Å². The van der Waals surface area contributed by atoms with Crippen molar-refractivity contribution >= 4 is 23.0 Å². The lowest BCUT2D eigenvalue weighted by atomic mass is 10.1. The molecule has 0 aliphatic carbocycles. The maximum absolute atomic E-state index is 12.0. The molecule has 0 fully saturated rings. The molecule has 21 heavy (non-hydrogen) atoms.